The highest BCUT2D eigenvalue weighted by molar-refractivity contribution is 8.13. The Labute approximate surface area is 103 Å². The molecule has 2 aromatic heterocycles. The van der Waals surface area contributed by atoms with Crippen LogP contribution in [0.25, 0.3) is 0 Å². The monoisotopic (exact) mass is 274 g/mol. The second-order valence-corrected chi connectivity index (χ2v) is 6.15. The van der Waals surface area contributed by atoms with Crippen molar-refractivity contribution < 1.29 is 8.42 Å². The van der Waals surface area contributed by atoms with Crippen molar-refractivity contribution in [3.8, 4) is 0 Å². The zero-order chi connectivity index (χ0) is 12.5. The third kappa shape index (κ3) is 2.86. The van der Waals surface area contributed by atoms with E-state index in [2.05, 4.69) is 10.1 Å². The summed E-state index contributed by atoms with van der Waals surface area (Å²) in [6.45, 7) is 0.553. The minimum absolute atomic E-state index is 0.0130. The Bertz CT molecular complexity index is 616. The lowest BCUT2D eigenvalue weighted by Crippen LogP contribution is -2.05. The topological polar surface area (TPSA) is 69.8 Å². The summed E-state index contributed by atoms with van der Waals surface area (Å²) in [6.07, 6.45) is 6.89. The van der Waals surface area contributed by atoms with E-state index < -0.39 is 9.05 Å². The quantitative estimate of drug-likeness (QED) is 0.773. The third-order valence-electron chi connectivity index (χ3n) is 2.38. The standard InChI is InChI=1S/C9H11ClN4O2S/c1-13-5-3-11-9(13)2-4-14-7-8(6-12-14)17(10,15)16/h3,5-7H,2,4H2,1H3. The van der Waals surface area contributed by atoms with Crippen molar-refractivity contribution in [3.05, 3.63) is 30.6 Å². The molecule has 0 aliphatic carbocycles. The van der Waals surface area contributed by atoms with Gasteiger partial charge in [-0.3, -0.25) is 4.68 Å². The van der Waals surface area contributed by atoms with Crippen LogP contribution in [0.5, 0.6) is 0 Å². The van der Waals surface area contributed by atoms with Crippen LogP contribution >= 0.6 is 10.7 Å². The van der Waals surface area contributed by atoms with Crippen LogP contribution in [0, 0.1) is 0 Å². The molecule has 2 heterocycles. The van der Waals surface area contributed by atoms with Crippen molar-refractivity contribution in [1.29, 1.82) is 0 Å². The third-order valence-corrected chi connectivity index (χ3v) is 3.68. The number of hydrogen-bond acceptors (Lipinski definition) is 4. The van der Waals surface area contributed by atoms with Crippen molar-refractivity contribution in [1.82, 2.24) is 19.3 Å². The van der Waals surface area contributed by atoms with E-state index in [1.807, 2.05) is 17.8 Å². The van der Waals surface area contributed by atoms with Gasteiger partial charge in [0.25, 0.3) is 9.05 Å². The fourth-order valence-corrected chi connectivity index (χ4v) is 2.10. The number of nitrogens with zero attached hydrogens (tertiary/aromatic N) is 4. The first-order chi connectivity index (χ1) is 7.97. The second kappa shape index (κ2) is 4.50. The molecule has 92 valence electrons. The Hall–Kier alpha value is -1.34. The summed E-state index contributed by atoms with van der Waals surface area (Å²) in [6, 6.07) is 0. The molecule has 6 nitrogen and oxygen atoms in total. The molecular formula is C9H11ClN4O2S. The molecule has 0 N–H and O–H groups in total. The van der Waals surface area contributed by atoms with Crippen molar-refractivity contribution in [2.45, 2.75) is 17.9 Å². The molecule has 0 saturated carbocycles. The van der Waals surface area contributed by atoms with Crippen LogP contribution in [-0.2, 0) is 29.1 Å². The molecule has 2 aromatic rings. The molecule has 0 saturated heterocycles. The SMILES string of the molecule is Cn1ccnc1CCn1cc(S(=O)(=O)Cl)cn1. The lowest BCUT2D eigenvalue weighted by molar-refractivity contribution is 0.587. The van der Waals surface area contributed by atoms with E-state index in [1.54, 1.807) is 6.20 Å². The van der Waals surface area contributed by atoms with Crippen molar-refractivity contribution in [3.63, 3.8) is 0 Å². The van der Waals surface area contributed by atoms with Gasteiger partial charge in [-0.1, -0.05) is 0 Å². The van der Waals surface area contributed by atoms with E-state index in [1.165, 1.54) is 17.1 Å². The summed E-state index contributed by atoms with van der Waals surface area (Å²) < 4.78 is 25.5. The van der Waals surface area contributed by atoms with Gasteiger partial charge in [0.05, 0.1) is 6.20 Å². The molecule has 0 bridgehead atoms. The maximum atomic E-state index is 11.0. The number of halogens is 1. The van der Waals surface area contributed by atoms with Crippen LogP contribution in [0.2, 0.25) is 0 Å². The average Bonchev–Trinajstić information content (AvgIpc) is 2.82. The van der Waals surface area contributed by atoms with Gasteiger partial charge in [-0.2, -0.15) is 5.10 Å². The molecular weight excluding hydrogens is 264 g/mol. The summed E-state index contributed by atoms with van der Waals surface area (Å²) in [5.41, 5.74) is 0. The summed E-state index contributed by atoms with van der Waals surface area (Å²) in [5, 5.41) is 3.93. The van der Waals surface area contributed by atoms with Gasteiger partial charge >= 0.3 is 0 Å². The molecule has 0 unspecified atom stereocenters. The normalized spacial score (nSPS) is 11.9. The molecule has 0 amide bonds. The van der Waals surface area contributed by atoms with E-state index in [4.69, 9.17) is 10.7 Å². The van der Waals surface area contributed by atoms with Crippen LogP contribution in [0.15, 0.2) is 29.7 Å². The van der Waals surface area contributed by atoms with Gasteiger partial charge in [-0.25, -0.2) is 13.4 Å². The molecule has 8 heteroatoms. The van der Waals surface area contributed by atoms with Crippen LogP contribution < -0.4 is 0 Å². The first-order valence-electron chi connectivity index (χ1n) is 4.90. The molecule has 0 fully saturated rings. The maximum absolute atomic E-state index is 11.0. The van der Waals surface area contributed by atoms with Crippen LogP contribution in [0.1, 0.15) is 5.82 Å². The summed E-state index contributed by atoms with van der Waals surface area (Å²) in [4.78, 5) is 4.18. The van der Waals surface area contributed by atoms with Crippen molar-refractivity contribution >= 4 is 19.7 Å². The number of hydrogen-bond donors (Lipinski definition) is 0. The predicted molar refractivity (Wildman–Crippen MR) is 62.2 cm³/mol. The molecule has 17 heavy (non-hydrogen) atoms. The van der Waals surface area contributed by atoms with Crippen LogP contribution in [0.3, 0.4) is 0 Å². The van der Waals surface area contributed by atoms with E-state index >= 15 is 0 Å². The summed E-state index contributed by atoms with van der Waals surface area (Å²) in [5.74, 6) is 0.913. The van der Waals surface area contributed by atoms with E-state index in [0.717, 1.165) is 5.82 Å². The zero-order valence-corrected chi connectivity index (χ0v) is 10.7. The Morgan fingerprint density at radius 3 is 2.76 bits per heavy atom. The molecule has 0 atom stereocenters. The Morgan fingerprint density at radius 2 is 2.24 bits per heavy atom. The largest absolute Gasteiger partial charge is 0.338 e. The van der Waals surface area contributed by atoms with Gasteiger partial charge in [0.15, 0.2) is 0 Å². The smallest absolute Gasteiger partial charge is 0.264 e. The van der Waals surface area contributed by atoms with E-state index in [9.17, 15) is 8.42 Å². The lowest BCUT2D eigenvalue weighted by Gasteiger charge is -2.01. The van der Waals surface area contributed by atoms with Gasteiger partial charge in [-0.15, -0.1) is 0 Å². The Kier molecular flexibility index (Phi) is 3.21. The summed E-state index contributed by atoms with van der Waals surface area (Å²) >= 11 is 0. The number of rotatable bonds is 4. The number of imidazole rings is 1. The first-order valence-corrected chi connectivity index (χ1v) is 7.21. The summed E-state index contributed by atoms with van der Waals surface area (Å²) in [7, 11) is 3.41. The fraction of sp³-hybridized carbons (Fsp3) is 0.333. The van der Waals surface area contributed by atoms with Crippen molar-refractivity contribution in [2.75, 3.05) is 0 Å². The number of aryl methyl sites for hydroxylation is 3. The fourth-order valence-electron chi connectivity index (χ4n) is 1.44. The van der Waals surface area contributed by atoms with Gasteiger partial charge in [0.2, 0.25) is 0 Å². The lowest BCUT2D eigenvalue weighted by atomic mass is 10.4. The van der Waals surface area contributed by atoms with Crippen molar-refractivity contribution in [2.24, 2.45) is 7.05 Å². The molecule has 0 aliphatic heterocycles. The highest BCUT2D eigenvalue weighted by Crippen LogP contribution is 2.13. The highest BCUT2D eigenvalue weighted by Gasteiger charge is 2.12. The molecule has 0 aliphatic rings. The van der Waals surface area contributed by atoms with E-state index in [-0.39, 0.29) is 4.90 Å². The maximum Gasteiger partial charge on any atom is 0.264 e. The highest BCUT2D eigenvalue weighted by atomic mass is 35.7. The van der Waals surface area contributed by atoms with Gasteiger partial charge < -0.3 is 4.57 Å². The Morgan fingerprint density at radius 1 is 1.47 bits per heavy atom. The second-order valence-electron chi connectivity index (χ2n) is 3.58. The molecule has 0 radical (unpaired) electrons. The molecule has 0 aromatic carbocycles. The van der Waals surface area contributed by atoms with Gasteiger partial charge in [-0.05, 0) is 0 Å². The Balaban J connectivity index is 2.06. The van der Waals surface area contributed by atoms with E-state index in [0.29, 0.717) is 13.0 Å². The number of aromatic nitrogens is 4. The van der Waals surface area contributed by atoms with Gasteiger partial charge in [0.1, 0.15) is 10.7 Å². The average molecular weight is 275 g/mol. The molecule has 0 spiro atoms. The van der Waals surface area contributed by atoms with Crippen LogP contribution in [0.4, 0.5) is 0 Å². The first kappa shape index (κ1) is 12.1. The van der Waals surface area contributed by atoms with Crippen LogP contribution in [-0.4, -0.2) is 27.7 Å². The predicted octanol–water partition coefficient (Wildman–Crippen LogP) is 0.787. The zero-order valence-electron chi connectivity index (χ0n) is 9.12. The minimum Gasteiger partial charge on any atom is -0.338 e. The van der Waals surface area contributed by atoms with Gasteiger partial charge in [0, 0.05) is 49.3 Å². The minimum atomic E-state index is -3.69. The molecule has 2 rings (SSSR count).